The quantitative estimate of drug-likeness (QED) is 0.702. The number of H-pyrrole nitrogens is 1. The SMILES string of the molecule is COC(=O)C1=CC=CC(=Nc2cnc3n[nH]c(-c4ccccc4OC)c3c2)C1. The first-order valence-electron chi connectivity index (χ1n) is 8.70. The fraction of sp³-hybridized carbons (Fsp3) is 0.143. The number of carbonyl (C=O) groups excluding carboxylic acids is 1. The van der Waals surface area contributed by atoms with Crippen molar-refractivity contribution < 1.29 is 14.3 Å². The van der Waals surface area contributed by atoms with Gasteiger partial charge in [-0.25, -0.2) is 9.78 Å². The smallest absolute Gasteiger partial charge is 0.334 e. The largest absolute Gasteiger partial charge is 0.496 e. The third-order valence-electron chi connectivity index (χ3n) is 4.45. The van der Waals surface area contributed by atoms with Crippen LogP contribution in [0.4, 0.5) is 5.69 Å². The molecule has 2 heterocycles. The summed E-state index contributed by atoms with van der Waals surface area (Å²) in [5, 5.41) is 8.16. The maximum Gasteiger partial charge on any atom is 0.334 e. The van der Waals surface area contributed by atoms with Gasteiger partial charge in [0.2, 0.25) is 0 Å². The van der Waals surface area contributed by atoms with Crippen molar-refractivity contribution in [1.82, 2.24) is 15.2 Å². The van der Waals surface area contributed by atoms with Gasteiger partial charge in [0.15, 0.2) is 5.65 Å². The number of allylic oxidation sites excluding steroid dienone is 3. The summed E-state index contributed by atoms with van der Waals surface area (Å²) >= 11 is 0. The molecule has 3 aromatic rings. The minimum Gasteiger partial charge on any atom is -0.496 e. The van der Waals surface area contributed by atoms with Gasteiger partial charge < -0.3 is 9.47 Å². The summed E-state index contributed by atoms with van der Waals surface area (Å²) in [6.45, 7) is 0. The summed E-state index contributed by atoms with van der Waals surface area (Å²) in [5.41, 5.74) is 4.31. The minimum atomic E-state index is -0.348. The van der Waals surface area contributed by atoms with E-state index in [4.69, 9.17) is 9.47 Å². The van der Waals surface area contributed by atoms with Crippen LogP contribution in [0.25, 0.3) is 22.3 Å². The zero-order valence-electron chi connectivity index (χ0n) is 15.5. The van der Waals surface area contributed by atoms with Crippen LogP contribution >= 0.6 is 0 Å². The fourth-order valence-electron chi connectivity index (χ4n) is 3.11. The molecule has 0 amide bonds. The number of aromatic nitrogens is 3. The number of esters is 1. The van der Waals surface area contributed by atoms with E-state index in [-0.39, 0.29) is 5.97 Å². The van der Waals surface area contributed by atoms with Gasteiger partial charge in [-0.3, -0.25) is 10.1 Å². The molecule has 0 saturated carbocycles. The predicted octanol–water partition coefficient (Wildman–Crippen LogP) is 3.77. The molecule has 1 aliphatic rings. The highest BCUT2D eigenvalue weighted by molar-refractivity contribution is 6.06. The predicted molar refractivity (Wildman–Crippen MR) is 107 cm³/mol. The Kier molecular flexibility index (Phi) is 4.72. The number of benzene rings is 1. The van der Waals surface area contributed by atoms with E-state index >= 15 is 0 Å². The first-order chi connectivity index (χ1) is 13.7. The van der Waals surface area contributed by atoms with Gasteiger partial charge in [-0.15, -0.1) is 0 Å². The number of fused-ring (bicyclic) bond motifs is 1. The molecule has 1 aliphatic carbocycles. The summed E-state index contributed by atoms with van der Waals surface area (Å²) in [5.74, 6) is 0.395. The van der Waals surface area contributed by atoms with Gasteiger partial charge in [0.25, 0.3) is 0 Å². The van der Waals surface area contributed by atoms with Crippen LogP contribution in [0, 0.1) is 0 Å². The van der Waals surface area contributed by atoms with E-state index in [1.165, 1.54) is 7.11 Å². The number of nitrogens with zero attached hydrogens (tertiary/aromatic N) is 3. The average molecular weight is 374 g/mol. The molecule has 0 aliphatic heterocycles. The molecule has 0 spiro atoms. The Labute approximate surface area is 161 Å². The van der Waals surface area contributed by atoms with Crippen molar-refractivity contribution in [3.05, 3.63) is 60.3 Å². The number of methoxy groups -OCH3 is 2. The molecule has 1 N–H and O–H groups in total. The van der Waals surface area contributed by atoms with Gasteiger partial charge in [-0.2, -0.15) is 5.10 Å². The number of pyridine rings is 1. The number of aliphatic imine (C=N–C) groups is 1. The molecule has 0 radical (unpaired) electrons. The number of rotatable bonds is 4. The lowest BCUT2D eigenvalue weighted by Crippen LogP contribution is -2.10. The van der Waals surface area contributed by atoms with Crippen molar-refractivity contribution in [2.45, 2.75) is 6.42 Å². The van der Waals surface area contributed by atoms with E-state index in [0.717, 1.165) is 28.1 Å². The summed E-state index contributed by atoms with van der Waals surface area (Å²) in [4.78, 5) is 20.8. The normalized spacial score (nSPS) is 14.9. The Morgan fingerprint density at radius 1 is 1.25 bits per heavy atom. The molecule has 2 aromatic heterocycles. The lowest BCUT2D eigenvalue weighted by molar-refractivity contribution is -0.136. The Morgan fingerprint density at radius 2 is 2.11 bits per heavy atom. The topological polar surface area (TPSA) is 89.5 Å². The van der Waals surface area contributed by atoms with E-state index in [0.29, 0.717) is 23.3 Å². The number of hydrogen-bond donors (Lipinski definition) is 1. The number of hydrogen-bond acceptors (Lipinski definition) is 6. The Bertz CT molecular complexity index is 1140. The third kappa shape index (κ3) is 3.29. The molecule has 0 fully saturated rings. The minimum absolute atomic E-state index is 0.348. The standard InChI is InChI=1S/C21H18N4O3/c1-27-18-9-4-3-8-16(18)19-17-11-15(12-22-20(17)25-24-19)23-14-7-5-6-13(10-14)21(26)28-2/h3-9,11-12H,10H2,1-2H3,(H,22,24,25). The molecule has 0 bridgehead atoms. The molecular formula is C21H18N4O3. The Hall–Kier alpha value is -3.74. The molecule has 7 nitrogen and oxygen atoms in total. The van der Waals surface area contributed by atoms with E-state index in [2.05, 4.69) is 20.2 Å². The highest BCUT2D eigenvalue weighted by Crippen LogP contribution is 2.34. The lowest BCUT2D eigenvalue weighted by atomic mass is 10.0. The number of carbonyl (C=O) groups is 1. The van der Waals surface area contributed by atoms with E-state index in [1.54, 1.807) is 25.5 Å². The molecule has 0 unspecified atom stereocenters. The molecule has 1 aromatic carbocycles. The zero-order chi connectivity index (χ0) is 19.5. The van der Waals surface area contributed by atoms with Crippen LogP contribution in [0.3, 0.4) is 0 Å². The first kappa shape index (κ1) is 17.7. The molecule has 28 heavy (non-hydrogen) atoms. The Balaban J connectivity index is 1.72. The van der Waals surface area contributed by atoms with E-state index in [9.17, 15) is 4.79 Å². The van der Waals surface area contributed by atoms with Gasteiger partial charge in [0.05, 0.1) is 31.8 Å². The van der Waals surface area contributed by atoms with Crippen LogP contribution in [0.2, 0.25) is 0 Å². The van der Waals surface area contributed by atoms with Gasteiger partial charge in [-0.1, -0.05) is 24.3 Å². The van der Waals surface area contributed by atoms with Crippen LogP contribution in [-0.4, -0.2) is 41.1 Å². The van der Waals surface area contributed by atoms with Gasteiger partial charge in [0, 0.05) is 28.7 Å². The van der Waals surface area contributed by atoms with E-state index < -0.39 is 0 Å². The summed E-state index contributed by atoms with van der Waals surface area (Å²) in [6.07, 6.45) is 7.46. The third-order valence-corrected chi connectivity index (χ3v) is 4.45. The number of aromatic amines is 1. The van der Waals surface area contributed by atoms with Crippen molar-refractivity contribution >= 4 is 28.4 Å². The lowest BCUT2D eigenvalue weighted by Gasteiger charge is -2.09. The second-order valence-corrected chi connectivity index (χ2v) is 6.19. The first-order valence-corrected chi connectivity index (χ1v) is 8.70. The van der Waals surface area contributed by atoms with Crippen molar-refractivity contribution in [1.29, 1.82) is 0 Å². The number of para-hydroxylation sites is 1. The van der Waals surface area contributed by atoms with Crippen LogP contribution in [0.15, 0.2) is 65.3 Å². The maximum atomic E-state index is 11.8. The Morgan fingerprint density at radius 3 is 2.93 bits per heavy atom. The summed E-state index contributed by atoms with van der Waals surface area (Å²) in [6, 6.07) is 9.63. The second-order valence-electron chi connectivity index (χ2n) is 6.19. The molecular weight excluding hydrogens is 356 g/mol. The number of nitrogens with one attached hydrogen (secondary N) is 1. The second kappa shape index (κ2) is 7.48. The fourth-order valence-corrected chi connectivity index (χ4v) is 3.11. The van der Waals surface area contributed by atoms with Crippen molar-refractivity contribution in [2.24, 2.45) is 4.99 Å². The molecule has 140 valence electrons. The van der Waals surface area contributed by atoms with Crippen molar-refractivity contribution in [3.63, 3.8) is 0 Å². The monoisotopic (exact) mass is 374 g/mol. The molecule has 0 saturated heterocycles. The molecule has 7 heteroatoms. The average Bonchev–Trinajstić information content (AvgIpc) is 3.16. The number of ether oxygens (including phenoxy) is 2. The molecule has 4 rings (SSSR count). The van der Waals surface area contributed by atoms with Crippen molar-refractivity contribution in [2.75, 3.05) is 14.2 Å². The zero-order valence-corrected chi connectivity index (χ0v) is 15.5. The summed E-state index contributed by atoms with van der Waals surface area (Å²) in [7, 11) is 3.00. The van der Waals surface area contributed by atoms with Gasteiger partial charge in [-0.05, 0) is 24.3 Å². The summed E-state index contributed by atoms with van der Waals surface area (Å²) < 4.78 is 10.2. The molecule has 0 atom stereocenters. The van der Waals surface area contributed by atoms with Gasteiger partial charge in [0.1, 0.15) is 5.75 Å². The maximum absolute atomic E-state index is 11.8. The van der Waals surface area contributed by atoms with Crippen molar-refractivity contribution in [3.8, 4) is 17.0 Å². The van der Waals surface area contributed by atoms with Crippen LogP contribution < -0.4 is 4.74 Å². The highest BCUT2D eigenvalue weighted by Gasteiger charge is 2.16. The van der Waals surface area contributed by atoms with Crippen LogP contribution in [0.1, 0.15) is 6.42 Å². The van der Waals surface area contributed by atoms with E-state index in [1.807, 2.05) is 36.4 Å². The van der Waals surface area contributed by atoms with Gasteiger partial charge >= 0.3 is 5.97 Å². The van der Waals surface area contributed by atoms with Crippen LogP contribution in [0.5, 0.6) is 5.75 Å². The van der Waals surface area contributed by atoms with Crippen LogP contribution in [-0.2, 0) is 9.53 Å². The highest BCUT2D eigenvalue weighted by atomic mass is 16.5.